The Morgan fingerprint density at radius 2 is 2.00 bits per heavy atom. The lowest BCUT2D eigenvalue weighted by Crippen LogP contribution is -2.39. The molecule has 2 unspecified atom stereocenters. The van der Waals surface area contributed by atoms with Gasteiger partial charge in [0.2, 0.25) is 6.41 Å². The minimum absolute atomic E-state index is 0.0327. The zero-order valence-electron chi connectivity index (χ0n) is 11.1. The van der Waals surface area contributed by atoms with Crippen LogP contribution in [0.3, 0.4) is 0 Å². The third kappa shape index (κ3) is 7.10. The summed E-state index contributed by atoms with van der Waals surface area (Å²) in [7, 11) is 0. The van der Waals surface area contributed by atoms with Crippen LogP contribution < -0.4 is 11.1 Å². The number of hydrogen-bond donors (Lipinski definition) is 2. The molecule has 0 aliphatic rings. The fraction of sp³-hybridized carbons (Fsp3) is 0.846. The molecule has 100 valence electrons. The zero-order chi connectivity index (χ0) is 13.1. The van der Waals surface area contributed by atoms with Crippen molar-refractivity contribution < 1.29 is 9.59 Å². The van der Waals surface area contributed by atoms with Crippen molar-refractivity contribution in [1.29, 1.82) is 0 Å². The summed E-state index contributed by atoms with van der Waals surface area (Å²) in [5.74, 6) is 0.188. The summed E-state index contributed by atoms with van der Waals surface area (Å²) in [5, 5.41) is 2.63. The Morgan fingerprint density at radius 3 is 2.53 bits per heavy atom. The standard InChI is InChI=1S/C13H26N2O2/c1-3-4-7-11(2)13(17)12(15-10-16)8-5-6-9-14/h10-12H,3-9,14H2,1-2H3,(H,15,16). The van der Waals surface area contributed by atoms with Crippen molar-refractivity contribution in [3.05, 3.63) is 0 Å². The van der Waals surface area contributed by atoms with Crippen molar-refractivity contribution in [3.8, 4) is 0 Å². The summed E-state index contributed by atoms with van der Waals surface area (Å²) < 4.78 is 0. The Balaban J connectivity index is 4.16. The van der Waals surface area contributed by atoms with Gasteiger partial charge in [0, 0.05) is 5.92 Å². The first kappa shape index (κ1) is 16.1. The molecule has 4 heteroatoms. The topological polar surface area (TPSA) is 72.2 Å². The largest absolute Gasteiger partial charge is 0.349 e. The molecule has 0 aromatic carbocycles. The number of ketones is 1. The van der Waals surface area contributed by atoms with E-state index < -0.39 is 0 Å². The molecule has 0 saturated carbocycles. The summed E-state index contributed by atoms with van der Waals surface area (Å²) in [5.41, 5.74) is 5.42. The number of hydrogen-bond acceptors (Lipinski definition) is 3. The average Bonchev–Trinajstić information content (AvgIpc) is 2.34. The summed E-state index contributed by atoms with van der Waals surface area (Å²) in [4.78, 5) is 22.6. The van der Waals surface area contributed by atoms with E-state index in [9.17, 15) is 9.59 Å². The second-order valence-corrected chi connectivity index (χ2v) is 4.57. The Labute approximate surface area is 104 Å². The summed E-state index contributed by atoms with van der Waals surface area (Å²) in [6.07, 6.45) is 6.16. The van der Waals surface area contributed by atoms with Crippen molar-refractivity contribution in [2.45, 2.75) is 58.4 Å². The Kier molecular flexibility index (Phi) is 9.72. The van der Waals surface area contributed by atoms with Crippen molar-refractivity contribution in [3.63, 3.8) is 0 Å². The highest BCUT2D eigenvalue weighted by atomic mass is 16.1. The predicted molar refractivity (Wildman–Crippen MR) is 69.6 cm³/mol. The van der Waals surface area contributed by atoms with Gasteiger partial charge in [0.1, 0.15) is 0 Å². The molecule has 0 rings (SSSR count). The number of amides is 1. The van der Waals surface area contributed by atoms with Crippen molar-refractivity contribution in [1.82, 2.24) is 5.32 Å². The Bertz CT molecular complexity index is 219. The van der Waals surface area contributed by atoms with Crippen molar-refractivity contribution in [2.75, 3.05) is 6.54 Å². The normalized spacial score (nSPS) is 14.1. The third-order valence-electron chi connectivity index (χ3n) is 3.04. The molecule has 0 aromatic heterocycles. The quantitative estimate of drug-likeness (QED) is 0.427. The maximum atomic E-state index is 12.1. The van der Waals surface area contributed by atoms with E-state index in [0.717, 1.165) is 32.1 Å². The molecule has 3 N–H and O–H groups in total. The molecule has 0 aromatic rings. The van der Waals surface area contributed by atoms with Gasteiger partial charge < -0.3 is 11.1 Å². The van der Waals surface area contributed by atoms with Gasteiger partial charge in [-0.25, -0.2) is 0 Å². The minimum Gasteiger partial charge on any atom is -0.349 e. The maximum Gasteiger partial charge on any atom is 0.207 e. The van der Waals surface area contributed by atoms with Crippen LogP contribution in [-0.2, 0) is 9.59 Å². The Morgan fingerprint density at radius 1 is 1.29 bits per heavy atom. The number of Topliss-reactive ketones (excluding diaryl/α,β-unsaturated/α-hetero) is 1. The molecule has 0 radical (unpaired) electrons. The van der Waals surface area contributed by atoms with Gasteiger partial charge in [0.05, 0.1) is 6.04 Å². The molecule has 4 nitrogen and oxygen atoms in total. The molecule has 0 fully saturated rings. The number of carbonyl (C=O) groups is 2. The number of nitrogens with two attached hydrogens (primary N) is 1. The van der Waals surface area contributed by atoms with Crippen LogP contribution in [0.4, 0.5) is 0 Å². The highest BCUT2D eigenvalue weighted by Gasteiger charge is 2.22. The van der Waals surface area contributed by atoms with Crippen LogP contribution in [0.2, 0.25) is 0 Å². The highest BCUT2D eigenvalue weighted by Crippen LogP contribution is 2.13. The molecule has 0 bridgehead atoms. The lowest BCUT2D eigenvalue weighted by Gasteiger charge is -2.19. The molecule has 0 aliphatic heterocycles. The van der Waals surface area contributed by atoms with E-state index >= 15 is 0 Å². The van der Waals surface area contributed by atoms with Gasteiger partial charge in [-0.3, -0.25) is 9.59 Å². The second kappa shape index (κ2) is 10.3. The van der Waals surface area contributed by atoms with Gasteiger partial charge >= 0.3 is 0 Å². The SMILES string of the molecule is CCCCC(C)C(=O)C(CCCCN)NC=O. The fourth-order valence-corrected chi connectivity index (χ4v) is 1.88. The molecular formula is C13H26N2O2. The molecule has 0 saturated heterocycles. The fourth-order valence-electron chi connectivity index (χ4n) is 1.88. The average molecular weight is 242 g/mol. The van der Waals surface area contributed by atoms with Crippen LogP contribution in [0.5, 0.6) is 0 Å². The summed E-state index contributed by atoms with van der Waals surface area (Å²) in [6.45, 7) is 4.69. The zero-order valence-corrected chi connectivity index (χ0v) is 11.1. The van der Waals surface area contributed by atoms with Gasteiger partial charge in [-0.05, 0) is 32.2 Å². The summed E-state index contributed by atoms with van der Waals surface area (Å²) in [6, 6.07) is -0.328. The maximum absolute atomic E-state index is 12.1. The van der Waals surface area contributed by atoms with E-state index in [2.05, 4.69) is 12.2 Å². The van der Waals surface area contributed by atoms with Gasteiger partial charge in [-0.2, -0.15) is 0 Å². The number of unbranched alkanes of at least 4 members (excludes halogenated alkanes) is 2. The van der Waals surface area contributed by atoms with Crippen LogP contribution in [0.25, 0.3) is 0 Å². The van der Waals surface area contributed by atoms with Crippen LogP contribution in [0.15, 0.2) is 0 Å². The minimum atomic E-state index is -0.328. The molecule has 1 amide bonds. The van der Waals surface area contributed by atoms with E-state index in [4.69, 9.17) is 5.73 Å². The molecule has 0 aliphatic carbocycles. The molecule has 2 atom stereocenters. The number of carbonyl (C=O) groups excluding carboxylic acids is 2. The van der Waals surface area contributed by atoms with Gasteiger partial charge in [0.25, 0.3) is 0 Å². The first-order chi connectivity index (χ1) is 8.17. The van der Waals surface area contributed by atoms with Gasteiger partial charge in [-0.1, -0.05) is 26.7 Å². The van der Waals surface area contributed by atoms with E-state index in [1.54, 1.807) is 0 Å². The van der Waals surface area contributed by atoms with Crippen LogP contribution in [-0.4, -0.2) is 24.8 Å². The van der Waals surface area contributed by atoms with Crippen LogP contribution >= 0.6 is 0 Å². The van der Waals surface area contributed by atoms with E-state index in [1.165, 1.54) is 0 Å². The second-order valence-electron chi connectivity index (χ2n) is 4.57. The highest BCUT2D eigenvalue weighted by molar-refractivity contribution is 5.87. The van der Waals surface area contributed by atoms with Gasteiger partial charge in [-0.15, -0.1) is 0 Å². The van der Waals surface area contributed by atoms with E-state index in [0.29, 0.717) is 19.4 Å². The molecule has 0 spiro atoms. The van der Waals surface area contributed by atoms with Crippen LogP contribution in [0.1, 0.15) is 52.4 Å². The Hall–Kier alpha value is -0.900. The van der Waals surface area contributed by atoms with Crippen molar-refractivity contribution >= 4 is 12.2 Å². The molecule has 17 heavy (non-hydrogen) atoms. The third-order valence-corrected chi connectivity index (χ3v) is 3.04. The molecule has 0 heterocycles. The lowest BCUT2D eigenvalue weighted by atomic mass is 9.92. The first-order valence-corrected chi connectivity index (χ1v) is 6.60. The number of nitrogens with one attached hydrogen (secondary N) is 1. The van der Waals surface area contributed by atoms with Gasteiger partial charge in [0.15, 0.2) is 5.78 Å². The summed E-state index contributed by atoms with van der Waals surface area (Å²) >= 11 is 0. The lowest BCUT2D eigenvalue weighted by molar-refractivity contribution is -0.126. The van der Waals surface area contributed by atoms with E-state index in [-0.39, 0.29) is 17.7 Å². The monoisotopic (exact) mass is 242 g/mol. The van der Waals surface area contributed by atoms with E-state index in [1.807, 2.05) is 6.92 Å². The first-order valence-electron chi connectivity index (χ1n) is 6.60. The van der Waals surface area contributed by atoms with Crippen LogP contribution in [0, 0.1) is 5.92 Å². The molecular weight excluding hydrogens is 216 g/mol. The number of rotatable bonds is 11. The predicted octanol–water partition coefficient (Wildman–Crippen LogP) is 1.63. The van der Waals surface area contributed by atoms with Crippen molar-refractivity contribution in [2.24, 2.45) is 11.7 Å². The smallest absolute Gasteiger partial charge is 0.207 e.